The van der Waals surface area contributed by atoms with E-state index in [-0.39, 0.29) is 6.47 Å². The molecule has 3 rings (SSSR count). The molecule has 1 aliphatic rings. The summed E-state index contributed by atoms with van der Waals surface area (Å²) in [5.41, 5.74) is 0.790. The minimum absolute atomic E-state index is 0.164. The second-order valence-electron chi connectivity index (χ2n) is 5.55. The number of likely N-dealkylation sites (N-methyl/N-ethyl adjacent to an activating group) is 1. The SMILES string of the molecule is CN(c1cn2c(n1)-c1ccc(Br)cc1OCC2)C(COC=O)C(F)F. The summed E-state index contributed by atoms with van der Waals surface area (Å²) < 4.78 is 39.6. The van der Waals surface area contributed by atoms with Gasteiger partial charge in [-0.05, 0) is 18.2 Å². The first-order valence-electron chi connectivity index (χ1n) is 7.57. The Balaban J connectivity index is 1.95. The summed E-state index contributed by atoms with van der Waals surface area (Å²) in [7, 11) is 1.51. The van der Waals surface area contributed by atoms with E-state index in [2.05, 4.69) is 25.7 Å². The molecule has 1 unspecified atom stereocenters. The average molecular weight is 416 g/mol. The van der Waals surface area contributed by atoms with Gasteiger partial charge in [0, 0.05) is 17.7 Å². The van der Waals surface area contributed by atoms with Gasteiger partial charge in [0.2, 0.25) is 0 Å². The Morgan fingerprint density at radius 1 is 1.52 bits per heavy atom. The van der Waals surface area contributed by atoms with Gasteiger partial charge < -0.3 is 18.9 Å². The molecule has 1 atom stereocenters. The lowest BCUT2D eigenvalue weighted by atomic mass is 10.2. The highest BCUT2D eigenvalue weighted by molar-refractivity contribution is 9.10. The van der Waals surface area contributed by atoms with Crippen LogP contribution in [0.1, 0.15) is 0 Å². The maximum Gasteiger partial charge on any atom is 0.293 e. The van der Waals surface area contributed by atoms with E-state index >= 15 is 0 Å². The van der Waals surface area contributed by atoms with Gasteiger partial charge in [0.05, 0.1) is 12.1 Å². The van der Waals surface area contributed by atoms with Crippen LogP contribution < -0.4 is 9.64 Å². The third kappa shape index (κ3) is 3.60. The molecule has 0 amide bonds. The lowest BCUT2D eigenvalue weighted by molar-refractivity contribution is -0.130. The first kappa shape index (κ1) is 17.7. The van der Waals surface area contributed by atoms with Crippen LogP contribution in [0.3, 0.4) is 0 Å². The zero-order valence-corrected chi connectivity index (χ0v) is 14.9. The van der Waals surface area contributed by atoms with Crippen molar-refractivity contribution in [1.82, 2.24) is 9.55 Å². The Bertz CT molecular complexity index is 769. The Morgan fingerprint density at radius 2 is 2.32 bits per heavy atom. The van der Waals surface area contributed by atoms with Crippen LogP contribution in [0.2, 0.25) is 0 Å². The van der Waals surface area contributed by atoms with Crippen molar-refractivity contribution in [3.05, 3.63) is 28.9 Å². The fourth-order valence-electron chi connectivity index (χ4n) is 2.67. The molecule has 0 fully saturated rings. The number of halogens is 3. The van der Waals surface area contributed by atoms with Crippen LogP contribution >= 0.6 is 15.9 Å². The van der Waals surface area contributed by atoms with Crippen LogP contribution in [0, 0.1) is 0 Å². The molecule has 1 aromatic heterocycles. The number of ether oxygens (including phenoxy) is 2. The predicted octanol–water partition coefficient (Wildman–Crippen LogP) is 2.95. The highest BCUT2D eigenvalue weighted by atomic mass is 79.9. The van der Waals surface area contributed by atoms with Crippen molar-refractivity contribution >= 4 is 28.2 Å². The summed E-state index contributed by atoms with van der Waals surface area (Å²) in [6.07, 6.45) is -0.982. The average Bonchev–Trinajstić information content (AvgIpc) is 2.92. The van der Waals surface area contributed by atoms with Gasteiger partial charge in [-0.1, -0.05) is 15.9 Å². The number of imidazole rings is 1. The number of carbonyl (C=O) groups excluding carboxylic acids is 1. The fraction of sp³-hybridized carbons (Fsp3) is 0.375. The van der Waals surface area contributed by atoms with Crippen LogP contribution in [0.4, 0.5) is 14.6 Å². The van der Waals surface area contributed by atoms with Crippen molar-refractivity contribution in [2.45, 2.75) is 19.0 Å². The standard InChI is InChI=1S/C16H16BrF2N3O3/c1-21(12(15(18)19)8-24-9-23)14-7-22-4-5-25-13-6-10(17)2-3-11(13)16(22)20-14/h2-3,6-7,9,12,15H,4-5,8H2,1H3. The Morgan fingerprint density at radius 3 is 3.04 bits per heavy atom. The number of benzene rings is 1. The van der Waals surface area contributed by atoms with Gasteiger partial charge in [0.25, 0.3) is 12.9 Å². The van der Waals surface area contributed by atoms with Gasteiger partial charge in [-0.15, -0.1) is 0 Å². The van der Waals surface area contributed by atoms with Gasteiger partial charge in [-0.25, -0.2) is 13.8 Å². The molecule has 0 N–H and O–H groups in total. The number of aromatic nitrogens is 2. The molecular weight excluding hydrogens is 400 g/mol. The smallest absolute Gasteiger partial charge is 0.293 e. The van der Waals surface area contributed by atoms with Crippen LogP contribution in [0.25, 0.3) is 11.4 Å². The highest BCUT2D eigenvalue weighted by Gasteiger charge is 2.29. The lowest BCUT2D eigenvalue weighted by Gasteiger charge is -2.26. The third-order valence-electron chi connectivity index (χ3n) is 4.02. The van der Waals surface area contributed by atoms with Crippen LogP contribution in [0.5, 0.6) is 5.75 Å². The molecule has 0 aliphatic carbocycles. The summed E-state index contributed by atoms with van der Waals surface area (Å²) in [6.45, 7) is 0.749. The summed E-state index contributed by atoms with van der Waals surface area (Å²) in [5, 5.41) is 0. The summed E-state index contributed by atoms with van der Waals surface area (Å²) in [4.78, 5) is 16.2. The molecule has 0 saturated carbocycles. The fourth-order valence-corrected chi connectivity index (χ4v) is 3.01. The zero-order chi connectivity index (χ0) is 18.0. The molecule has 0 bridgehead atoms. The Kier molecular flexibility index (Phi) is 5.22. The van der Waals surface area contributed by atoms with E-state index in [9.17, 15) is 13.6 Å². The van der Waals surface area contributed by atoms with Crippen LogP contribution in [-0.4, -0.2) is 48.8 Å². The maximum absolute atomic E-state index is 13.3. The predicted molar refractivity (Wildman–Crippen MR) is 91.1 cm³/mol. The Hall–Kier alpha value is -2.16. The van der Waals surface area contributed by atoms with Crippen molar-refractivity contribution in [2.24, 2.45) is 0 Å². The van der Waals surface area contributed by atoms with Crippen molar-refractivity contribution in [1.29, 1.82) is 0 Å². The molecule has 6 nitrogen and oxygen atoms in total. The number of rotatable bonds is 6. The molecule has 1 aromatic carbocycles. The van der Waals surface area contributed by atoms with Gasteiger partial charge in [0.1, 0.15) is 36.6 Å². The first-order valence-corrected chi connectivity index (χ1v) is 8.36. The van der Waals surface area contributed by atoms with Crippen molar-refractivity contribution in [2.75, 3.05) is 25.2 Å². The van der Waals surface area contributed by atoms with Gasteiger partial charge in [0.15, 0.2) is 0 Å². The lowest BCUT2D eigenvalue weighted by Crippen LogP contribution is -2.41. The first-order chi connectivity index (χ1) is 12.0. The summed E-state index contributed by atoms with van der Waals surface area (Å²) in [6, 6.07) is 4.32. The van der Waals surface area contributed by atoms with Crippen LogP contribution in [-0.2, 0) is 16.1 Å². The van der Waals surface area contributed by atoms with Crippen molar-refractivity contribution in [3.63, 3.8) is 0 Å². The van der Waals surface area contributed by atoms with Crippen LogP contribution in [0.15, 0.2) is 28.9 Å². The zero-order valence-electron chi connectivity index (χ0n) is 13.4. The number of anilines is 1. The van der Waals surface area contributed by atoms with E-state index in [0.29, 0.717) is 30.5 Å². The minimum atomic E-state index is -2.68. The van der Waals surface area contributed by atoms with Crippen molar-refractivity contribution < 1.29 is 23.0 Å². The number of carbonyl (C=O) groups is 1. The molecule has 0 saturated heterocycles. The molecule has 0 radical (unpaired) electrons. The molecule has 1 aliphatic heterocycles. The summed E-state index contributed by atoms with van der Waals surface area (Å²) >= 11 is 3.40. The number of nitrogens with zero attached hydrogens (tertiary/aromatic N) is 3. The Labute approximate surface area is 151 Å². The molecule has 134 valence electrons. The van der Waals surface area contributed by atoms with Gasteiger partial charge >= 0.3 is 0 Å². The van der Waals surface area contributed by atoms with E-state index in [0.717, 1.165) is 10.0 Å². The topological polar surface area (TPSA) is 56.6 Å². The molecule has 2 heterocycles. The van der Waals surface area contributed by atoms with E-state index in [1.165, 1.54) is 11.9 Å². The molecule has 9 heteroatoms. The largest absolute Gasteiger partial charge is 0.491 e. The van der Waals surface area contributed by atoms with Crippen molar-refractivity contribution in [3.8, 4) is 17.1 Å². The quantitative estimate of drug-likeness (QED) is 0.678. The van der Waals surface area contributed by atoms with Gasteiger partial charge in [-0.3, -0.25) is 4.79 Å². The number of fused-ring (bicyclic) bond motifs is 3. The van der Waals surface area contributed by atoms with E-state index in [1.54, 1.807) is 6.20 Å². The molecule has 2 aromatic rings. The normalized spacial score (nSPS) is 14.1. The molecular formula is C16H16BrF2N3O3. The number of hydrogen-bond acceptors (Lipinski definition) is 5. The summed E-state index contributed by atoms with van der Waals surface area (Å²) in [5.74, 6) is 1.71. The highest BCUT2D eigenvalue weighted by Crippen LogP contribution is 2.35. The second kappa shape index (κ2) is 7.38. The number of alkyl halides is 2. The minimum Gasteiger partial charge on any atom is -0.491 e. The second-order valence-corrected chi connectivity index (χ2v) is 6.46. The monoisotopic (exact) mass is 415 g/mol. The van der Waals surface area contributed by atoms with E-state index < -0.39 is 19.1 Å². The van der Waals surface area contributed by atoms with E-state index in [1.807, 2.05) is 22.8 Å². The maximum atomic E-state index is 13.3. The van der Waals surface area contributed by atoms with E-state index in [4.69, 9.17) is 4.74 Å². The molecule has 0 spiro atoms. The number of hydrogen-bond donors (Lipinski definition) is 0. The molecule has 25 heavy (non-hydrogen) atoms. The van der Waals surface area contributed by atoms with Gasteiger partial charge in [-0.2, -0.15) is 0 Å². The third-order valence-corrected chi connectivity index (χ3v) is 4.52.